The van der Waals surface area contributed by atoms with Crippen LogP contribution >= 0.6 is 11.8 Å². The fourth-order valence-electron chi connectivity index (χ4n) is 2.47. The van der Waals surface area contributed by atoms with Crippen molar-refractivity contribution in [2.45, 2.75) is 36.7 Å². The Morgan fingerprint density at radius 2 is 2.32 bits per heavy atom. The minimum atomic E-state index is -1.33. The minimum Gasteiger partial charge on any atom is -0.480 e. The summed E-state index contributed by atoms with van der Waals surface area (Å²) in [4.78, 5) is 35.8. The molecule has 2 saturated heterocycles. The molecule has 7 nitrogen and oxygen atoms in total. The molecule has 0 saturated carbocycles. The van der Waals surface area contributed by atoms with Crippen molar-refractivity contribution < 1.29 is 24.6 Å². The Kier molecular flexibility index (Phi) is 3.73. The van der Waals surface area contributed by atoms with Crippen LogP contribution in [0.2, 0.25) is 0 Å². The normalized spacial score (nSPS) is 31.2. The molecule has 3 N–H and O–H groups in total. The molecule has 106 valence electrons. The molecule has 0 aliphatic carbocycles. The number of rotatable bonds is 4. The van der Waals surface area contributed by atoms with Crippen LogP contribution in [0.5, 0.6) is 0 Å². The van der Waals surface area contributed by atoms with Gasteiger partial charge in [-0.2, -0.15) is 0 Å². The summed E-state index contributed by atoms with van der Waals surface area (Å²) < 4.78 is 0. The number of nitrogens with one attached hydrogen (secondary N) is 1. The number of fused-ring (bicyclic) bond motifs is 1. The summed E-state index contributed by atoms with van der Waals surface area (Å²) in [6.45, 7) is 1.24. The highest BCUT2D eigenvalue weighted by Crippen LogP contribution is 2.47. The molecule has 0 bridgehead atoms. The maximum atomic E-state index is 12.1. The predicted octanol–water partition coefficient (Wildman–Crippen LogP) is -0.998. The van der Waals surface area contributed by atoms with Crippen molar-refractivity contribution in [3.63, 3.8) is 0 Å². The summed E-state index contributed by atoms with van der Waals surface area (Å²) in [7, 11) is 0. The highest BCUT2D eigenvalue weighted by molar-refractivity contribution is 8.01. The number of aliphatic carboxylic acids is 1. The number of thioether (sulfide) groups is 1. The highest BCUT2D eigenvalue weighted by Gasteiger charge is 2.53. The highest BCUT2D eigenvalue weighted by atomic mass is 32.2. The fourth-order valence-corrected chi connectivity index (χ4v) is 3.90. The molecule has 2 unspecified atom stereocenters. The second-order valence-electron chi connectivity index (χ2n) is 4.85. The number of nitrogens with zero attached hydrogens (tertiary/aromatic N) is 1. The van der Waals surface area contributed by atoms with Gasteiger partial charge in [0.1, 0.15) is 12.1 Å². The second-order valence-corrected chi connectivity index (χ2v) is 6.35. The Morgan fingerprint density at radius 1 is 1.63 bits per heavy atom. The van der Waals surface area contributed by atoms with E-state index in [1.54, 1.807) is 4.90 Å². The summed E-state index contributed by atoms with van der Waals surface area (Å²) in [6, 6.07) is -1.99. The molecule has 2 fully saturated rings. The van der Waals surface area contributed by atoms with Crippen LogP contribution in [0.25, 0.3) is 0 Å². The number of aliphatic hydroxyl groups is 1. The van der Waals surface area contributed by atoms with Gasteiger partial charge in [-0.25, -0.2) is 4.79 Å². The van der Waals surface area contributed by atoms with Crippen molar-refractivity contribution in [2.75, 3.05) is 12.4 Å². The van der Waals surface area contributed by atoms with E-state index in [0.29, 0.717) is 18.6 Å². The average molecular weight is 288 g/mol. The smallest absolute Gasteiger partial charge is 0.328 e. The number of hydrogen-bond donors (Lipinski definition) is 3. The van der Waals surface area contributed by atoms with Gasteiger partial charge in [-0.3, -0.25) is 9.59 Å². The van der Waals surface area contributed by atoms with E-state index in [1.807, 2.05) is 6.92 Å². The van der Waals surface area contributed by atoms with Crippen LogP contribution in [0.1, 0.15) is 19.8 Å². The largest absolute Gasteiger partial charge is 0.480 e. The van der Waals surface area contributed by atoms with E-state index in [0.717, 1.165) is 0 Å². The van der Waals surface area contributed by atoms with E-state index in [4.69, 9.17) is 10.2 Å². The van der Waals surface area contributed by atoms with Gasteiger partial charge in [0.15, 0.2) is 0 Å². The molecule has 2 rings (SSSR count). The average Bonchev–Trinajstić information content (AvgIpc) is 2.83. The van der Waals surface area contributed by atoms with Crippen LogP contribution < -0.4 is 5.32 Å². The molecule has 3 atom stereocenters. The van der Waals surface area contributed by atoms with E-state index in [9.17, 15) is 14.4 Å². The van der Waals surface area contributed by atoms with Crippen LogP contribution in [0, 0.1) is 0 Å². The Hall–Kier alpha value is -1.28. The maximum absolute atomic E-state index is 12.1. The quantitative estimate of drug-likeness (QED) is 0.613. The van der Waals surface area contributed by atoms with Crippen LogP contribution in [0.15, 0.2) is 0 Å². The molecule has 2 aliphatic rings. The van der Waals surface area contributed by atoms with E-state index < -0.39 is 30.6 Å². The third kappa shape index (κ3) is 2.42. The Bertz CT molecular complexity index is 429. The summed E-state index contributed by atoms with van der Waals surface area (Å²) in [5.74, 6) is -1.44. The van der Waals surface area contributed by atoms with Crippen LogP contribution in [0.4, 0.5) is 0 Å². The molecule has 0 radical (unpaired) electrons. The van der Waals surface area contributed by atoms with E-state index >= 15 is 0 Å². The van der Waals surface area contributed by atoms with Gasteiger partial charge in [0.25, 0.3) is 0 Å². The number of amides is 2. The maximum Gasteiger partial charge on any atom is 0.328 e. The van der Waals surface area contributed by atoms with Crippen molar-refractivity contribution in [2.24, 2.45) is 0 Å². The summed E-state index contributed by atoms with van der Waals surface area (Å²) in [5.41, 5.74) is 0. The van der Waals surface area contributed by atoms with Crippen molar-refractivity contribution in [3.05, 3.63) is 0 Å². The zero-order valence-electron chi connectivity index (χ0n) is 10.5. The molecular weight excluding hydrogens is 272 g/mol. The first kappa shape index (κ1) is 14.1. The SMILES string of the molecule is CC12CCC(=O)N1C(C(=O)N[C@H](CO)C(=O)O)CS2. The molecule has 0 spiro atoms. The number of carbonyl (C=O) groups excluding carboxylic acids is 2. The van der Waals surface area contributed by atoms with E-state index in [2.05, 4.69) is 5.32 Å². The molecule has 2 aliphatic heterocycles. The van der Waals surface area contributed by atoms with Crippen molar-refractivity contribution >= 4 is 29.5 Å². The molecule has 0 aromatic carbocycles. The van der Waals surface area contributed by atoms with Gasteiger partial charge < -0.3 is 20.4 Å². The Balaban J connectivity index is 2.08. The standard InChI is InChI=1S/C11H16N2O5S/c1-11-3-2-8(15)13(11)7(5-19-11)9(16)12-6(4-14)10(17)18/h6-7,14H,2-5H2,1H3,(H,12,16)(H,17,18)/t6-,7?,11?/m1/s1. The van der Waals surface area contributed by atoms with E-state index in [1.165, 1.54) is 11.8 Å². The van der Waals surface area contributed by atoms with Gasteiger partial charge in [0.2, 0.25) is 11.8 Å². The number of carboxylic acid groups (broad SMARTS) is 1. The molecule has 2 amide bonds. The van der Waals surface area contributed by atoms with E-state index in [-0.39, 0.29) is 10.8 Å². The Morgan fingerprint density at radius 3 is 2.89 bits per heavy atom. The number of carboxylic acids is 1. The molecule has 2 heterocycles. The van der Waals surface area contributed by atoms with Gasteiger partial charge in [0, 0.05) is 12.2 Å². The van der Waals surface area contributed by atoms with Crippen LogP contribution in [-0.4, -0.2) is 62.2 Å². The lowest BCUT2D eigenvalue weighted by Gasteiger charge is -2.30. The first-order valence-electron chi connectivity index (χ1n) is 5.99. The second kappa shape index (κ2) is 5.01. The van der Waals surface area contributed by atoms with Crippen LogP contribution in [0.3, 0.4) is 0 Å². The summed E-state index contributed by atoms with van der Waals surface area (Å²) in [6.07, 6.45) is 1.11. The zero-order chi connectivity index (χ0) is 14.2. The summed E-state index contributed by atoms with van der Waals surface area (Å²) >= 11 is 1.53. The number of hydrogen-bond acceptors (Lipinski definition) is 5. The van der Waals surface area contributed by atoms with Gasteiger partial charge in [-0.15, -0.1) is 11.8 Å². The molecule has 0 aromatic heterocycles. The van der Waals surface area contributed by atoms with Crippen molar-refractivity contribution in [1.29, 1.82) is 0 Å². The lowest BCUT2D eigenvalue weighted by atomic mass is 10.2. The zero-order valence-corrected chi connectivity index (χ0v) is 11.3. The molecule has 19 heavy (non-hydrogen) atoms. The fraction of sp³-hybridized carbons (Fsp3) is 0.727. The van der Waals surface area contributed by atoms with Crippen LogP contribution in [-0.2, 0) is 14.4 Å². The summed E-state index contributed by atoms with van der Waals surface area (Å²) in [5, 5.41) is 20.0. The molecule has 0 aromatic rings. The first-order chi connectivity index (χ1) is 8.89. The molecule has 8 heteroatoms. The predicted molar refractivity (Wildman–Crippen MR) is 67.4 cm³/mol. The number of aliphatic hydroxyl groups excluding tert-OH is 1. The van der Waals surface area contributed by atoms with Crippen molar-refractivity contribution in [3.8, 4) is 0 Å². The first-order valence-corrected chi connectivity index (χ1v) is 6.98. The molecular formula is C11H16N2O5S. The van der Waals surface area contributed by atoms with Gasteiger partial charge in [0.05, 0.1) is 11.5 Å². The third-order valence-electron chi connectivity index (χ3n) is 3.54. The lowest BCUT2D eigenvalue weighted by Crippen LogP contribution is -2.54. The van der Waals surface area contributed by atoms with Crippen molar-refractivity contribution in [1.82, 2.24) is 10.2 Å². The number of carbonyl (C=O) groups is 3. The minimum absolute atomic E-state index is 0.0801. The topological polar surface area (TPSA) is 107 Å². The Labute approximate surface area is 114 Å². The third-order valence-corrected chi connectivity index (χ3v) is 5.05. The lowest BCUT2D eigenvalue weighted by molar-refractivity contribution is -0.144. The van der Waals surface area contributed by atoms with Gasteiger partial charge >= 0.3 is 5.97 Å². The van der Waals surface area contributed by atoms with Gasteiger partial charge in [-0.05, 0) is 13.3 Å². The van der Waals surface area contributed by atoms with Gasteiger partial charge in [-0.1, -0.05) is 0 Å². The monoisotopic (exact) mass is 288 g/mol.